The van der Waals surface area contributed by atoms with Crippen LogP contribution in [0.3, 0.4) is 0 Å². The number of hydrogen-bond donors (Lipinski definition) is 0. The first-order valence-corrected chi connectivity index (χ1v) is 4.93. The van der Waals surface area contributed by atoms with E-state index in [4.69, 9.17) is 10.5 Å². The van der Waals surface area contributed by atoms with Gasteiger partial charge >= 0.3 is 0 Å². The second-order valence-electron chi connectivity index (χ2n) is 2.27. The molecule has 0 aliphatic heterocycles. The van der Waals surface area contributed by atoms with Crippen molar-refractivity contribution in [2.75, 3.05) is 6.66 Å². The van der Waals surface area contributed by atoms with Crippen LogP contribution in [0.15, 0.2) is 18.2 Å². The molecule has 2 nitrogen and oxygen atoms in total. The van der Waals surface area contributed by atoms with Crippen molar-refractivity contribution in [1.29, 1.82) is 10.5 Å². The average molecular weight is 174 g/mol. The van der Waals surface area contributed by atoms with Gasteiger partial charge in [0, 0.05) is 0 Å². The van der Waals surface area contributed by atoms with E-state index >= 15 is 0 Å². The number of benzene rings is 1. The first kappa shape index (κ1) is 8.72. The van der Waals surface area contributed by atoms with Crippen molar-refractivity contribution >= 4 is 13.9 Å². The predicted molar refractivity (Wildman–Crippen MR) is 49.7 cm³/mol. The molecule has 0 saturated heterocycles. The van der Waals surface area contributed by atoms with E-state index < -0.39 is 0 Å². The summed E-state index contributed by atoms with van der Waals surface area (Å²) in [6, 6.07) is 9.30. The van der Waals surface area contributed by atoms with Crippen LogP contribution in [0.4, 0.5) is 0 Å². The molecule has 0 aromatic heterocycles. The summed E-state index contributed by atoms with van der Waals surface area (Å²) in [4.78, 5) is 0. The lowest BCUT2D eigenvalue weighted by Crippen LogP contribution is -1.96. The van der Waals surface area contributed by atoms with Gasteiger partial charge in [-0.15, -0.1) is 0 Å². The van der Waals surface area contributed by atoms with Crippen molar-refractivity contribution in [3.8, 4) is 12.1 Å². The van der Waals surface area contributed by atoms with Gasteiger partial charge in [-0.3, -0.25) is 0 Å². The number of rotatable bonds is 1. The molecule has 0 radical (unpaired) electrons. The summed E-state index contributed by atoms with van der Waals surface area (Å²) in [5.74, 6) is 0. The van der Waals surface area contributed by atoms with Gasteiger partial charge in [0.1, 0.15) is 0 Å². The molecule has 1 rings (SSSR count). The Morgan fingerprint density at radius 2 is 1.58 bits per heavy atom. The molecule has 0 heterocycles. The Bertz CT molecular complexity index is 339. The van der Waals surface area contributed by atoms with Crippen LogP contribution in [0.5, 0.6) is 0 Å². The maximum absolute atomic E-state index is 8.62. The molecule has 12 heavy (non-hydrogen) atoms. The fraction of sp³-hybridized carbons (Fsp3) is 0.111. The molecular weight excluding hydrogens is 167 g/mol. The lowest BCUT2D eigenvalue weighted by atomic mass is 10.1. The summed E-state index contributed by atoms with van der Waals surface area (Å²) < 4.78 is 0. The summed E-state index contributed by atoms with van der Waals surface area (Å²) in [6.45, 7) is 2.03. The van der Waals surface area contributed by atoms with Gasteiger partial charge in [0.2, 0.25) is 0 Å². The number of nitriles is 2. The Hall–Kier alpha value is -1.37. The normalized spacial score (nSPS) is 9.58. The zero-order valence-electron chi connectivity index (χ0n) is 6.63. The van der Waals surface area contributed by atoms with Crippen molar-refractivity contribution in [3.05, 3.63) is 29.3 Å². The van der Waals surface area contributed by atoms with E-state index in [0.717, 1.165) is 5.30 Å². The average Bonchev–Trinajstić information content (AvgIpc) is 2.16. The van der Waals surface area contributed by atoms with E-state index in [9.17, 15) is 0 Å². The van der Waals surface area contributed by atoms with Crippen molar-refractivity contribution in [3.63, 3.8) is 0 Å². The maximum atomic E-state index is 8.62. The summed E-state index contributed by atoms with van der Waals surface area (Å²) in [5, 5.41) is 18.3. The fourth-order valence-electron chi connectivity index (χ4n) is 0.901. The highest BCUT2D eigenvalue weighted by atomic mass is 31.1. The Labute approximate surface area is 73.2 Å². The molecule has 1 aromatic rings. The van der Waals surface area contributed by atoms with Crippen molar-refractivity contribution in [1.82, 2.24) is 0 Å². The summed E-state index contributed by atoms with van der Waals surface area (Å²) in [5.41, 5.74) is 1.14. The number of nitrogens with zero attached hydrogens (tertiary/aromatic N) is 2. The van der Waals surface area contributed by atoms with Gasteiger partial charge in [-0.25, -0.2) is 0 Å². The van der Waals surface area contributed by atoms with Gasteiger partial charge in [0.05, 0.1) is 23.3 Å². The van der Waals surface area contributed by atoms with Crippen LogP contribution in [-0.2, 0) is 0 Å². The molecule has 0 spiro atoms. The van der Waals surface area contributed by atoms with Gasteiger partial charge in [-0.05, 0) is 30.2 Å². The lowest BCUT2D eigenvalue weighted by Gasteiger charge is -1.97. The molecule has 58 valence electrons. The van der Waals surface area contributed by atoms with Gasteiger partial charge < -0.3 is 0 Å². The summed E-state index contributed by atoms with van der Waals surface area (Å²) in [6.07, 6.45) is 0. The maximum Gasteiger partial charge on any atom is 0.0992 e. The van der Waals surface area contributed by atoms with E-state index in [1.54, 1.807) is 6.07 Å². The highest BCUT2D eigenvalue weighted by Crippen LogP contribution is 2.08. The minimum Gasteiger partial charge on any atom is -0.192 e. The zero-order chi connectivity index (χ0) is 8.97. The molecule has 0 fully saturated rings. The van der Waals surface area contributed by atoms with E-state index in [0.29, 0.717) is 19.7 Å². The van der Waals surface area contributed by atoms with Crippen LogP contribution in [-0.4, -0.2) is 6.66 Å². The molecular formula is C9H7N2P. The van der Waals surface area contributed by atoms with Crippen LogP contribution < -0.4 is 5.30 Å². The first-order valence-electron chi connectivity index (χ1n) is 3.43. The van der Waals surface area contributed by atoms with Gasteiger partial charge in [-0.2, -0.15) is 10.5 Å². The van der Waals surface area contributed by atoms with Crippen LogP contribution in [0.2, 0.25) is 0 Å². The summed E-state index contributed by atoms with van der Waals surface area (Å²) in [7, 11) is 0.627. The third kappa shape index (κ3) is 1.82. The monoisotopic (exact) mass is 174 g/mol. The Balaban J connectivity index is 3.24. The van der Waals surface area contributed by atoms with Crippen molar-refractivity contribution in [2.24, 2.45) is 0 Å². The predicted octanol–water partition coefficient (Wildman–Crippen LogP) is 1.36. The largest absolute Gasteiger partial charge is 0.192 e. The third-order valence-corrected chi connectivity index (χ3v) is 2.35. The molecule has 0 bridgehead atoms. The van der Waals surface area contributed by atoms with E-state index in [2.05, 4.69) is 0 Å². The topological polar surface area (TPSA) is 47.6 Å². The Morgan fingerprint density at radius 1 is 1.08 bits per heavy atom. The zero-order valence-corrected chi connectivity index (χ0v) is 7.63. The Kier molecular flexibility index (Phi) is 2.81. The Morgan fingerprint density at radius 3 is 1.92 bits per heavy atom. The minimum absolute atomic E-state index is 0.568. The van der Waals surface area contributed by atoms with E-state index in [-0.39, 0.29) is 0 Å². The second kappa shape index (κ2) is 3.86. The molecule has 3 heteroatoms. The second-order valence-corrected chi connectivity index (χ2v) is 3.35. The minimum atomic E-state index is 0.568. The first-order chi connectivity index (χ1) is 5.80. The molecule has 0 saturated carbocycles. The van der Waals surface area contributed by atoms with Crippen LogP contribution >= 0.6 is 8.58 Å². The van der Waals surface area contributed by atoms with Crippen molar-refractivity contribution in [2.45, 2.75) is 0 Å². The fourth-order valence-corrected chi connectivity index (χ4v) is 1.50. The molecule has 1 unspecified atom stereocenters. The molecule has 1 aromatic carbocycles. The lowest BCUT2D eigenvalue weighted by molar-refractivity contribution is 1.46. The smallest absolute Gasteiger partial charge is 0.0992 e. The quantitative estimate of drug-likeness (QED) is 0.603. The van der Waals surface area contributed by atoms with Crippen LogP contribution in [0.25, 0.3) is 0 Å². The molecule has 0 amide bonds. The van der Waals surface area contributed by atoms with Crippen molar-refractivity contribution < 1.29 is 0 Å². The molecule has 0 N–H and O–H groups in total. The summed E-state index contributed by atoms with van der Waals surface area (Å²) >= 11 is 0. The SMILES string of the molecule is CPc1cc(C#N)cc(C#N)c1. The van der Waals surface area contributed by atoms with Crippen LogP contribution in [0.1, 0.15) is 11.1 Å². The van der Waals surface area contributed by atoms with Gasteiger partial charge in [-0.1, -0.05) is 8.58 Å². The molecule has 0 aliphatic carbocycles. The van der Waals surface area contributed by atoms with E-state index in [1.165, 1.54) is 0 Å². The highest BCUT2D eigenvalue weighted by Gasteiger charge is 1.97. The van der Waals surface area contributed by atoms with Gasteiger partial charge in [0.15, 0.2) is 0 Å². The molecule has 1 atom stereocenters. The third-order valence-electron chi connectivity index (χ3n) is 1.48. The number of hydrogen-bond acceptors (Lipinski definition) is 2. The van der Waals surface area contributed by atoms with Crippen LogP contribution in [0, 0.1) is 22.7 Å². The van der Waals surface area contributed by atoms with E-state index in [1.807, 2.05) is 30.9 Å². The standard InChI is InChI=1S/C9H7N2P/c1-12-9-3-7(5-10)2-8(4-9)6-11/h2-4,12H,1H3. The molecule has 0 aliphatic rings. The van der Waals surface area contributed by atoms with Gasteiger partial charge in [0.25, 0.3) is 0 Å². The highest BCUT2D eigenvalue weighted by molar-refractivity contribution is 7.46.